The Morgan fingerprint density at radius 2 is 2.21 bits per heavy atom. The van der Waals surface area contributed by atoms with E-state index < -0.39 is 5.69 Å². The van der Waals surface area contributed by atoms with Crippen molar-refractivity contribution in [3.05, 3.63) is 53.9 Å². The average Bonchev–Trinajstić information content (AvgIpc) is 2.81. The Hall–Kier alpha value is -1.33. The zero-order valence-corrected chi connectivity index (χ0v) is 12.3. The minimum absolute atomic E-state index is 0.150. The van der Waals surface area contributed by atoms with Crippen molar-refractivity contribution in [3.63, 3.8) is 0 Å². The van der Waals surface area contributed by atoms with Gasteiger partial charge >= 0.3 is 5.69 Å². The summed E-state index contributed by atoms with van der Waals surface area (Å²) in [6.45, 7) is 3.71. The van der Waals surface area contributed by atoms with Crippen LogP contribution in [0.25, 0.3) is 0 Å². The number of H-pyrrole nitrogens is 1. The molecule has 4 nitrogen and oxygen atoms in total. The molecule has 1 N–H and O–H groups in total. The number of thiophene rings is 1. The lowest BCUT2D eigenvalue weighted by molar-refractivity contribution is 0.500. The fourth-order valence-corrected chi connectivity index (χ4v) is 3.20. The highest BCUT2D eigenvalue weighted by atomic mass is 35.5. The molecule has 0 amide bonds. The maximum Gasteiger partial charge on any atom is 0.329 e. The monoisotopic (exact) mass is 298 g/mol. The van der Waals surface area contributed by atoms with Crippen molar-refractivity contribution < 1.29 is 0 Å². The molecular formula is C13H15ClN2O2S. The van der Waals surface area contributed by atoms with Crippen LogP contribution in [0, 0.1) is 0 Å². The van der Waals surface area contributed by atoms with Crippen LogP contribution in [0.5, 0.6) is 0 Å². The molecule has 0 aromatic carbocycles. The molecule has 19 heavy (non-hydrogen) atoms. The highest BCUT2D eigenvalue weighted by Gasteiger charge is 2.16. The fourth-order valence-electron chi connectivity index (χ4n) is 2.08. The van der Waals surface area contributed by atoms with Crippen molar-refractivity contribution in [2.24, 2.45) is 0 Å². The normalized spacial score (nSPS) is 12.6. The molecule has 2 rings (SSSR count). The summed E-state index contributed by atoms with van der Waals surface area (Å²) in [5.74, 6) is 0. The molecule has 0 bridgehead atoms. The summed E-state index contributed by atoms with van der Waals surface area (Å²) in [5, 5.41) is 2.13. The third kappa shape index (κ3) is 2.82. The van der Waals surface area contributed by atoms with Gasteiger partial charge in [-0.2, -0.15) is 0 Å². The van der Waals surface area contributed by atoms with Gasteiger partial charge in [0.1, 0.15) is 5.15 Å². The molecule has 6 heteroatoms. The number of rotatable bonds is 4. The van der Waals surface area contributed by atoms with E-state index >= 15 is 0 Å². The van der Waals surface area contributed by atoms with Crippen molar-refractivity contribution >= 4 is 22.9 Å². The second-order valence-electron chi connectivity index (χ2n) is 4.38. The summed E-state index contributed by atoms with van der Waals surface area (Å²) in [6, 6.07) is 3.76. The van der Waals surface area contributed by atoms with E-state index in [0.717, 1.165) is 4.88 Å². The first kappa shape index (κ1) is 14.1. The number of aromatic amines is 1. The van der Waals surface area contributed by atoms with Gasteiger partial charge < -0.3 is 0 Å². The molecule has 0 saturated heterocycles. The SMILES string of the molecule is CCc1c(Cl)[nH]c(=O)n(C(C)Cc2cccs2)c1=O. The number of hydrogen-bond acceptors (Lipinski definition) is 3. The number of hydrogen-bond donors (Lipinski definition) is 1. The molecule has 2 aromatic heterocycles. The Morgan fingerprint density at radius 3 is 2.79 bits per heavy atom. The smallest absolute Gasteiger partial charge is 0.297 e. The Bertz CT molecular complexity index is 673. The molecule has 0 spiro atoms. The third-order valence-electron chi connectivity index (χ3n) is 3.05. The second-order valence-corrected chi connectivity index (χ2v) is 5.79. The third-order valence-corrected chi connectivity index (χ3v) is 4.27. The first-order valence-corrected chi connectivity index (χ1v) is 7.36. The standard InChI is InChI=1S/C13H15ClN2O2S/c1-3-10-11(14)15-13(18)16(12(10)17)8(2)7-9-5-4-6-19-9/h4-6,8H,3,7H2,1-2H3,(H,15,18). The topological polar surface area (TPSA) is 54.9 Å². The highest BCUT2D eigenvalue weighted by Crippen LogP contribution is 2.16. The number of nitrogens with zero attached hydrogens (tertiary/aromatic N) is 1. The van der Waals surface area contributed by atoms with Gasteiger partial charge in [0.15, 0.2) is 0 Å². The van der Waals surface area contributed by atoms with Gasteiger partial charge in [-0.05, 0) is 24.8 Å². The van der Waals surface area contributed by atoms with E-state index in [1.165, 1.54) is 4.57 Å². The summed E-state index contributed by atoms with van der Waals surface area (Å²) >= 11 is 7.50. The molecule has 0 aliphatic rings. The van der Waals surface area contributed by atoms with Gasteiger partial charge in [0.2, 0.25) is 0 Å². The molecular weight excluding hydrogens is 284 g/mol. The van der Waals surface area contributed by atoms with Gasteiger partial charge in [-0.1, -0.05) is 24.6 Å². The van der Waals surface area contributed by atoms with Crippen LogP contribution in [0.4, 0.5) is 0 Å². The largest absolute Gasteiger partial charge is 0.329 e. The molecule has 0 saturated carbocycles. The van der Waals surface area contributed by atoms with Gasteiger partial charge in [-0.25, -0.2) is 4.79 Å². The number of aromatic nitrogens is 2. The zero-order chi connectivity index (χ0) is 14.0. The van der Waals surface area contributed by atoms with Crippen LogP contribution >= 0.6 is 22.9 Å². The minimum Gasteiger partial charge on any atom is -0.297 e. The molecule has 2 heterocycles. The van der Waals surface area contributed by atoms with E-state index in [2.05, 4.69) is 4.98 Å². The summed E-state index contributed by atoms with van der Waals surface area (Å²) in [7, 11) is 0. The Morgan fingerprint density at radius 1 is 1.47 bits per heavy atom. The van der Waals surface area contributed by atoms with Gasteiger partial charge in [-0.15, -0.1) is 11.3 Å². The van der Waals surface area contributed by atoms with Gasteiger partial charge in [0, 0.05) is 17.3 Å². The van der Waals surface area contributed by atoms with E-state index in [-0.39, 0.29) is 16.8 Å². The Balaban J connectivity index is 2.44. The first-order chi connectivity index (χ1) is 9.04. The molecule has 2 aromatic rings. The predicted octanol–water partition coefficient (Wildman–Crippen LogP) is 2.62. The van der Waals surface area contributed by atoms with E-state index in [9.17, 15) is 9.59 Å². The Labute approximate surface area is 119 Å². The molecule has 102 valence electrons. The number of halogens is 1. The van der Waals surface area contributed by atoms with Crippen molar-refractivity contribution in [1.82, 2.24) is 9.55 Å². The van der Waals surface area contributed by atoms with Crippen LogP contribution in [-0.4, -0.2) is 9.55 Å². The first-order valence-electron chi connectivity index (χ1n) is 6.10. The molecule has 1 atom stereocenters. The van der Waals surface area contributed by atoms with Crippen LogP contribution in [-0.2, 0) is 12.8 Å². The van der Waals surface area contributed by atoms with Crippen LogP contribution < -0.4 is 11.2 Å². The van der Waals surface area contributed by atoms with Crippen molar-refractivity contribution in [2.75, 3.05) is 0 Å². The van der Waals surface area contributed by atoms with Gasteiger partial charge in [0.05, 0.1) is 5.56 Å². The summed E-state index contributed by atoms with van der Waals surface area (Å²) in [6.07, 6.45) is 1.16. The maximum atomic E-state index is 12.3. The molecule has 0 aliphatic heterocycles. The maximum absolute atomic E-state index is 12.3. The minimum atomic E-state index is -0.448. The summed E-state index contributed by atoms with van der Waals surface area (Å²) in [5.41, 5.74) is -0.282. The highest BCUT2D eigenvalue weighted by molar-refractivity contribution is 7.09. The van der Waals surface area contributed by atoms with Gasteiger partial charge in [0.25, 0.3) is 5.56 Å². The van der Waals surface area contributed by atoms with Crippen LogP contribution in [0.2, 0.25) is 5.15 Å². The van der Waals surface area contributed by atoms with Crippen LogP contribution in [0.1, 0.15) is 30.3 Å². The average molecular weight is 299 g/mol. The van der Waals surface area contributed by atoms with Crippen molar-refractivity contribution in [3.8, 4) is 0 Å². The Kier molecular flexibility index (Phi) is 4.27. The summed E-state index contributed by atoms with van der Waals surface area (Å²) in [4.78, 5) is 27.9. The van der Waals surface area contributed by atoms with Crippen molar-refractivity contribution in [1.29, 1.82) is 0 Å². The van der Waals surface area contributed by atoms with E-state index in [1.807, 2.05) is 31.4 Å². The van der Waals surface area contributed by atoms with Gasteiger partial charge in [-0.3, -0.25) is 14.3 Å². The van der Waals surface area contributed by atoms with Crippen LogP contribution in [0.3, 0.4) is 0 Å². The van der Waals surface area contributed by atoms with E-state index in [1.54, 1.807) is 11.3 Å². The lowest BCUT2D eigenvalue weighted by atomic mass is 10.2. The van der Waals surface area contributed by atoms with Crippen LogP contribution in [0.15, 0.2) is 27.1 Å². The lowest BCUT2D eigenvalue weighted by Crippen LogP contribution is -2.39. The van der Waals surface area contributed by atoms with E-state index in [0.29, 0.717) is 18.4 Å². The predicted molar refractivity (Wildman–Crippen MR) is 78.4 cm³/mol. The second kappa shape index (κ2) is 5.75. The lowest BCUT2D eigenvalue weighted by Gasteiger charge is -2.14. The van der Waals surface area contributed by atoms with E-state index in [4.69, 9.17) is 11.6 Å². The van der Waals surface area contributed by atoms with Crippen molar-refractivity contribution in [2.45, 2.75) is 32.7 Å². The zero-order valence-electron chi connectivity index (χ0n) is 10.8. The molecule has 0 aliphatic carbocycles. The number of nitrogens with one attached hydrogen (secondary N) is 1. The molecule has 1 unspecified atom stereocenters. The summed E-state index contributed by atoms with van der Waals surface area (Å²) < 4.78 is 1.25. The fraction of sp³-hybridized carbons (Fsp3) is 0.385. The molecule has 0 radical (unpaired) electrons. The molecule has 0 fully saturated rings. The quantitative estimate of drug-likeness (QED) is 0.882.